The molecule has 17 heavy (non-hydrogen) atoms. The van der Waals surface area contributed by atoms with Gasteiger partial charge in [0.1, 0.15) is 10.1 Å². The first kappa shape index (κ1) is 12.5. The first-order chi connectivity index (χ1) is 8.08. The first-order valence-electron chi connectivity index (χ1n) is 5.70. The number of halogens is 1. The molecule has 0 spiro atoms. The Kier molecular flexibility index (Phi) is 3.49. The van der Waals surface area contributed by atoms with Crippen LogP contribution in [0.1, 0.15) is 30.6 Å². The van der Waals surface area contributed by atoms with Crippen molar-refractivity contribution in [3.05, 3.63) is 22.1 Å². The number of aryl methyl sites for hydroxylation is 2. The highest BCUT2D eigenvalue weighted by Gasteiger charge is 2.16. The van der Waals surface area contributed by atoms with Crippen molar-refractivity contribution >= 4 is 27.1 Å². The number of rotatable bonds is 3. The lowest BCUT2D eigenvalue weighted by Crippen LogP contribution is -2.12. The van der Waals surface area contributed by atoms with E-state index < -0.39 is 0 Å². The van der Waals surface area contributed by atoms with Crippen LogP contribution in [0, 0.1) is 13.8 Å². The molecule has 0 saturated heterocycles. The highest BCUT2D eigenvalue weighted by atomic mass is 79.9. The summed E-state index contributed by atoms with van der Waals surface area (Å²) >= 11 is 3.40. The van der Waals surface area contributed by atoms with E-state index >= 15 is 0 Å². The molecule has 2 aromatic heterocycles. The van der Waals surface area contributed by atoms with Crippen LogP contribution >= 0.6 is 15.9 Å². The highest BCUT2D eigenvalue weighted by Crippen LogP contribution is 2.25. The van der Waals surface area contributed by atoms with E-state index in [9.17, 15) is 5.11 Å². The number of fused-ring (bicyclic) bond motifs is 1. The fraction of sp³-hybridized carbons (Fsp3) is 0.500. The summed E-state index contributed by atoms with van der Waals surface area (Å²) in [5.41, 5.74) is 3.70. The second-order valence-electron chi connectivity index (χ2n) is 4.24. The quantitative estimate of drug-likeness (QED) is 0.948. The minimum absolute atomic E-state index is 0.0704. The van der Waals surface area contributed by atoms with Crippen LogP contribution in [-0.2, 0) is 0 Å². The predicted molar refractivity (Wildman–Crippen MR) is 71.1 cm³/mol. The van der Waals surface area contributed by atoms with Gasteiger partial charge < -0.3 is 9.67 Å². The Balaban J connectivity index is 2.69. The smallest absolute Gasteiger partial charge is 0.159 e. The Morgan fingerprint density at radius 3 is 2.71 bits per heavy atom. The SMILES string of the molecule is CC[C@H](CO)n1cc(C)c2nc(Br)c(C)nc21. The third-order valence-electron chi connectivity index (χ3n) is 3.02. The third kappa shape index (κ3) is 2.09. The van der Waals surface area contributed by atoms with Crippen LogP contribution in [0.25, 0.3) is 11.2 Å². The van der Waals surface area contributed by atoms with Gasteiger partial charge in [-0.25, -0.2) is 9.97 Å². The number of nitrogens with zero attached hydrogens (tertiary/aromatic N) is 3. The van der Waals surface area contributed by atoms with E-state index in [1.54, 1.807) is 0 Å². The molecule has 2 aromatic rings. The van der Waals surface area contributed by atoms with Crippen molar-refractivity contribution in [2.75, 3.05) is 6.61 Å². The van der Waals surface area contributed by atoms with Gasteiger partial charge in [-0.15, -0.1) is 0 Å². The molecule has 2 rings (SSSR count). The molecule has 0 aliphatic rings. The van der Waals surface area contributed by atoms with Crippen LogP contribution in [0.5, 0.6) is 0 Å². The Bertz CT molecular complexity index is 546. The van der Waals surface area contributed by atoms with Gasteiger partial charge in [-0.1, -0.05) is 6.92 Å². The molecular weight excluding hydrogens is 282 g/mol. The fourth-order valence-corrected chi connectivity index (χ4v) is 2.22. The van der Waals surface area contributed by atoms with Crippen LogP contribution in [0.2, 0.25) is 0 Å². The van der Waals surface area contributed by atoms with Crippen molar-refractivity contribution in [2.45, 2.75) is 33.2 Å². The zero-order valence-electron chi connectivity index (χ0n) is 10.2. The van der Waals surface area contributed by atoms with Crippen LogP contribution in [0.4, 0.5) is 0 Å². The molecular formula is C12H16BrN3O. The minimum Gasteiger partial charge on any atom is -0.394 e. The molecule has 0 fully saturated rings. The van der Waals surface area contributed by atoms with E-state index in [1.165, 1.54) is 0 Å². The summed E-state index contributed by atoms with van der Waals surface area (Å²) in [7, 11) is 0. The zero-order valence-corrected chi connectivity index (χ0v) is 11.8. The molecule has 0 aromatic carbocycles. The first-order valence-corrected chi connectivity index (χ1v) is 6.49. The van der Waals surface area contributed by atoms with E-state index in [1.807, 2.05) is 24.6 Å². The number of aliphatic hydroxyl groups is 1. The maximum Gasteiger partial charge on any atom is 0.159 e. The lowest BCUT2D eigenvalue weighted by Gasteiger charge is -2.14. The van der Waals surface area contributed by atoms with Crippen LogP contribution in [0.3, 0.4) is 0 Å². The number of hydrogen-bond acceptors (Lipinski definition) is 3. The summed E-state index contributed by atoms with van der Waals surface area (Å²) in [6.07, 6.45) is 2.89. The van der Waals surface area contributed by atoms with Gasteiger partial charge in [-0.3, -0.25) is 0 Å². The number of hydrogen-bond donors (Lipinski definition) is 1. The molecule has 0 aliphatic carbocycles. The van der Waals surface area contributed by atoms with Crippen molar-refractivity contribution < 1.29 is 5.11 Å². The van der Waals surface area contributed by atoms with Crippen molar-refractivity contribution in [1.82, 2.24) is 14.5 Å². The largest absolute Gasteiger partial charge is 0.394 e. The van der Waals surface area contributed by atoms with Gasteiger partial charge in [0, 0.05) is 6.20 Å². The van der Waals surface area contributed by atoms with E-state index in [2.05, 4.69) is 32.8 Å². The van der Waals surface area contributed by atoms with Crippen molar-refractivity contribution in [3.8, 4) is 0 Å². The molecule has 5 heteroatoms. The monoisotopic (exact) mass is 297 g/mol. The molecule has 0 saturated carbocycles. The van der Waals surface area contributed by atoms with Gasteiger partial charge in [-0.2, -0.15) is 0 Å². The summed E-state index contributed by atoms with van der Waals surface area (Å²) < 4.78 is 2.81. The molecule has 92 valence electrons. The molecule has 0 unspecified atom stereocenters. The maximum atomic E-state index is 9.39. The van der Waals surface area contributed by atoms with Crippen LogP contribution < -0.4 is 0 Å². The Hall–Kier alpha value is -0.940. The molecule has 2 heterocycles. The maximum absolute atomic E-state index is 9.39. The second kappa shape index (κ2) is 4.74. The van der Waals surface area contributed by atoms with E-state index in [0.29, 0.717) is 0 Å². The standard InChI is InChI=1S/C12H16BrN3O/c1-4-9(6-17)16-5-7(2)10-12(16)14-8(3)11(13)15-10/h5,9,17H,4,6H2,1-3H3/t9-/m1/s1. The Labute approximate surface area is 109 Å². The molecule has 0 amide bonds. The van der Waals surface area contributed by atoms with E-state index in [-0.39, 0.29) is 12.6 Å². The summed E-state index contributed by atoms with van der Waals surface area (Å²) in [5, 5.41) is 9.39. The van der Waals surface area contributed by atoms with Gasteiger partial charge >= 0.3 is 0 Å². The summed E-state index contributed by atoms with van der Waals surface area (Å²) in [6.45, 7) is 6.11. The van der Waals surface area contributed by atoms with Crippen molar-refractivity contribution in [1.29, 1.82) is 0 Å². The Morgan fingerprint density at radius 2 is 2.12 bits per heavy atom. The zero-order chi connectivity index (χ0) is 12.6. The summed E-state index contributed by atoms with van der Waals surface area (Å²) in [4.78, 5) is 9.05. The number of aromatic nitrogens is 3. The average molecular weight is 298 g/mol. The Morgan fingerprint density at radius 1 is 1.41 bits per heavy atom. The van der Waals surface area contributed by atoms with Crippen LogP contribution in [-0.4, -0.2) is 26.2 Å². The van der Waals surface area contributed by atoms with Gasteiger partial charge in [0.25, 0.3) is 0 Å². The molecule has 0 bridgehead atoms. The van der Waals surface area contributed by atoms with Crippen molar-refractivity contribution in [3.63, 3.8) is 0 Å². The van der Waals surface area contributed by atoms with E-state index in [0.717, 1.165) is 33.4 Å². The van der Waals surface area contributed by atoms with Gasteiger partial charge in [0.2, 0.25) is 0 Å². The molecule has 1 N–H and O–H groups in total. The summed E-state index contributed by atoms with van der Waals surface area (Å²) in [5.74, 6) is 0. The topological polar surface area (TPSA) is 50.9 Å². The van der Waals surface area contributed by atoms with Crippen molar-refractivity contribution in [2.24, 2.45) is 0 Å². The van der Waals surface area contributed by atoms with Gasteiger partial charge in [-0.05, 0) is 41.8 Å². The van der Waals surface area contributed by atoms with Gasteiger partial charge in [0.05, 0.1) is 18.3 Å². The van der Waals surface area contributed by atoms with E-state index in [4.69, 9.17) is 0 Å². The third-order valence-corrected chi connectivity index (χ3v) is 3.77. The fourth-order valence-electron chi connectivity index (χ4n) is 1.95. The molecule has 0 aliphatic heterocycles. The van der Waals surface area contributed by atoms with Gasteiger partial charge in [0.15, 0.2) is 5.65 Å². The summed E-state index contributed by atoms with van der Waals surface area (Å²) in [6, 6.07) is 0.0704. The predicted octanol–water partition coefficient (Wildman–Crippen LogP) is 2.75. The number of aliphatic hydroxyl groups excluding tert-OH is 1. The molecule has 1 atom stereocenters. The average Bonchev–Trinajstić information content (AvgIpc) is 2.60. The second-order valence-corrected chi connectivity index (χ2v) is 4.99. The minimum atomic E-state index is 0.0704. The lowest BCUT2D eigenvalue weighted by molar-refractivity contribution is 0.227. The molecule has 4 nitrogen and oxygen atoms in total. The molecule has 0 radical (unpaired) electrons. The highest BCUT2D eigenvalue weighted by molar-refractivity contribution is 9.10. The van der Waals surface area contributed by atoms with Crippen LogP contribution in [0.15, 0.2) is 10.8 Å². The lowest BCUT2D eigenvalue weighted by atomic mass is 10.2. The normalized spacial score (nSPS) is 13.2.